The molecule has 22 heavy (non-hydrogen) atoms. The van der Waals surface area contributed by atoms with Gasteiger partial charge in [0.15, 0.2) is 0 Å². The zero-order valence-corrected chi connectivity index (χ0v) is 11.7. The number of anilines is 1. The van der Waals surface area contributed by atoms with Gasteiger partial charge in [0.2, 0.25) is 0 Å². The van der Waals surface area contributed by atoms with Gasteiger partial charge in [0.25, 0.3) is 11.5 Å². The van der Waals surface area contributed by atoms with E-state index in [9.17, 15) is 14.0 Å². The lowest BCUT2D eigenvalue weighted by molar-refractivity contribution is 0.102. The fourth-order valence-corrected chi connectivity index (χ4v) is 2.05. The van der Waals surface area contributed by atoms with Crippen molar-refractivity contribution in [2.24, 2.45) is 0 Å². The van der Waals surface area contributed by atoms with E-state index in [2.05, 4.69) is 10.3 Å². The van der Waals surface area contributed by atoms with Gasteiger partial charge < -0.3 is 5.32 Å². The Morgan fingerprint density at radius 3 is 2.86 bits per heavy atom. The Hall–Kier alpha value is -3.02. The summed E-state index contributed by atoms with van der Waals surface area (Å²) >= 11 is 0. The Kier molecular flexibility index (Phi) is 3.42. The summed E-state index contributed by atoms with van der Waals surface area (Å²) in [7, 11) is 0. The van der Waals surface area contributed by atoms with Gasteiger partial charge in [0, 0.05) is 18.1 Å². The molecule has 2 heterocycles. The summed E-state index contributed by atoms with van der Waals surface area (Å²) in [5.74, 6) is -1.05. The number of halogens is 1. The number of pyridine rings is 1. The molecule has 0 atom stereocenters. The third-order valence-corrected chi connectivity index (χ3v) is 3.29. The molecule has 0 saturated carbocycles. The van der Waals surface area contributed by atoms with Gasteiger partial charge >= 0.3 is 0 Å². The third kappa shape index (κ3) is 2.46. The molecule has 0 bridgehead atoms. The van der Waals surface area contributed by atoms with Crippen molar-refractivity contribution in [3.8, 4) is 0 Å². The average molecular weight is 297 g/mol. The van der Waals surface area contributed by atoms with Gasteiger partial charge in [-0.05, 0) is 36.8 Å². The lowest BCUT2D eigenvalue weighted by Gasteiger charge is -2.07. The number of carbonyl (C=O) groups excluding carboxylic acids is 1. The van der Waals surface area contributed by atoms with Crippen LogP contribution < -0.4 is 10.9 Å². The monoisotopic (exact) mass is 297 g/mol. The zero-order chi connectivity index (χ0) is 15.7. The minimum absolute atomic E-state index is 0.107. The molecule has 3 rings (SSSR count). The fraction of sp³-hybridized carbons (Fsp3) is 0.0625. The molecule has 0 spiro atoms. The number of hydrogen-bond donors (Lipinski definition) is 1. The molecule has 0 fully saturated rings. The summed E-state index contributed by atoms with van der Waals surface area (Å²) in [4.78, 5) is 28.5. The van der Waals surface area contributed by atoms with Gasteiger partial charge in [-0.1, -0.05) is 12.1 Å². The van der Waals surface area contributed by atoms with E-state index in [1.54, 1.807) is 37.3 Å². The Morgan fingerprint density at radius 1 is 1.27 bits per heavy atom. The minimum Gasteiger partial charge on any atom is -0.322 e. The maximum Gasteiger partial charge on any atom is 0.270 e. The SMILES string of the molecule is Cc1ccc(NC(=O)c2cnc3ccccn3c2=O)cc1F. The van der Waals surface area contributed by atoms with Gasteiger partial charge in [-0.25, -0.2) is 9.37 Å². The van der Waals surface area contributed by atoms with E-state index in [0.717, 1.165) is 0 Å². The summed E-state index contributed by atoms with van der Waals surface area (Å²) < 4.78 is 14.8. The first-order valence-electron chi connectivity index (χ1n) is 6.60. The van der Waals surface area contributed by atoms with Crippen molar-refractivity contribution < 1.29 is 9.18 Å². The Bertz CT molecular complexity index is 934. The zero-order valence-electron chi connectivity index (χ0n) is 11.7. The maximum atomic E-state index is 13.5. The van der Waals surface area contributed by atoms with E-state index in [1.165, 1.54) is 22.9 Å². The molecule has 0 aliphatic rings. The largest absolute Gasteiger partial charge is 0.322 e. The summed E-state index contributed by atoms with van der Waals surface area (Å²) in [6.07, 6.45) is 2.75. The molecule has 1 amide bonds. The summed E-state index contributed by atoms with van der Waals surface area (Å²) in [6.45, 7) is 1.63. The van der Waals surface area contributed by atoms with Crippen LogP contribution in [0.25, 0.3) is 5.65 Å². The normalized spacial score (nSPS) is 10.6. The molecule has 0 radical (unpaired) electrons. The number of nitrogens with one attached hydrogen (secondary N) is 1. The van der Waals surface area contributed by atoms with Crippen molar-refractivity contribution in [3.63, 3.8) is 0 Å². The highest BCUT2D eigenvalue weighted by atomic mass is 19.1. The fourth-order valence-electron chi connectivity index (χ4n) is 2.05. The van der Waals surface area contributed by atoms with E-state index in [4.69, 9.17) is 0 Å². The average Bonchev–Trinajstić information content (AvgIpc) is 2.51. The number of fused-ring (bicyclic) bond motifs is 1. The molecule has 0 aliphatic carbocycles. The van der Waals surface area contributed by atoms with Crippen LogP contribution in [-0.4, -0.2) is 15.3 Å². The molecular formula is C16H12FN3O2. The van der Waals surface area contributed by atoms with Crippen molar-refractivity contribution in [1.29, 1.82) is 0 Å². The Morgan fingerprint density at radius 2 is 2.09 bits per heavy atom. The molecule has 110 valence electrons. The van der Waals surface area contributed by atoms with Crippen molar-refractivity contribution in [2.45, 2.75) is 6.92 Å². The van der Waals surface area contributed by atoms with Crippen molar-refractivity contribution >= 4 is 17.2 Å². The van der Waals surface area contributed by atoms with Crippen LogP contribution >= 0.6 is 0 Å². The second-order valence-electron chi connectivity index (χ2n) is 4.82. The standard InChI is InChI=1S/C16H12FN3O2/c1-10-5-6-11(8-13(10)17)19-15(21)12-9-18-14-4-2-3-7-20(14)16(12)22/h2-9H,1H3,(H,19,21). The first-order valence-corrected chi connectivity index (χ1v) is 6.60. The topological polar surface area (TPSA) is 63.5 Å². The van der Waals surface area contributed by atoms with Gasteiger partial charge in [-0.2, -0.15) is 0 Å². The molecule has 0 aliphatic heterocycles. The minimum atomic E-state index is -0.626. The van der Waals surface area contributed by atoms with Crippen LogP contribution in [0.3, 0.4) is 0 Å². The van der Waals surface area contributed by atoms with Crippen molar-refractivity contribution in [2.75, 3.05) is 5.32 Å². The van der Waals surface area contributed by atoms with Crippen LogP contribution in [0.15, 0.2) is 53.6 Å². The van der Waals surface area contributed by atoms with Crippen LogP contribution in [0.2, 0.25) is 0 Å². The molecule has 3 aromatic rings. The summed E-state index contributed by atoms with van der Waals surface area (Å²) in [6, 6.07) is 9.42. The lowest BCUT2D eigenvalue weighted by atomic mass is 10.2. The second kappa shape index (κ2) is 5.40. The predicted molar refractivity (Wildman–Crippen MR) is 80.6 cm³/mol. The highest BCUT2D eigenvalue weighted by Gasteiger charge is 2.13. The first-order chi connectivity index (χ1) is 10.6. The van der Waals surface area contributed by atoms with Crippen molar-refractivity contribution in [1.82, 2.24) is 9.38 Å². The number of nitrogens with zero attached hydrogens (tertiary/aromatic N) is 2. The van der Waals surface area contributed by atoms with E-state index < -0.39 is 17.3 Å². The highest BCUT2D eigenvalue weighted by Crippen LogP contribution is 2.14. The molecule has 5 nitrogen and oxygen atoms in total. The van der Waals surface area contributed by atoms with Gasteiger partial charge in [0.05, 0.1) is 0 Å². The molecule has 1 N–H and O–H groups in total. The second-order valence-corrected chi connectivity index (χ2v) is 4.82. The number of hydrogen-bond acceptors (Lipinski definition) is 3. The van der Waals surface area contributed by atoms with Gasteiger partial charge in [-0.15, -0.1) is 0 Å². The van der Waals surface area contributed by atoms with Gasteiger partial charge in [-0.3, -0.25) is 14.0 Å². The van der Waals surface area contributed by atoms with Crippen LogP contribution in [0.1, 0.15) is 15.9 Å². The van der Waals surface area contributed by atoms with Crippen LogP contribution in [0, 0.1) is 12.7 Å². The third-order valence-electron chi connectivity index (χ3n) is 3.29. The van der Waals surface area contributed by atoms with Crippen LogP contribution in [0.4, 0.5) is 10.1 Å². The first kappa shape index (κ1) is 13.9. The summed E-state index contributed by atoms with van der Waals surface area (Å²) in [5, 5.41) is 2.50. The Balaban J connectivity index is 1.97. The number of amides is 1. The van der Waals surface area contributed by atoms with E-state index >= 15 is 0 Å². The van der Waals surface area contributed by atoms with E-state index in [-0.39, 0.29) is 11.3 Å². The van der Waals surface area contributed by atoms with Crippen molar-refractivity contribution in [3.05, 3.63) is 76.1 Å². The van der Waals surface area contributed by atoms with Crippen LogP contribution in [0.5, 0.6) is 0 Å². The predicted octanol–water partition coefficient (Wildman–Crippen LogP) is 2.39. The lowest BCUT2D eigenvalue weighted by Crippen LogP contribution is -2.26. The van der Waals surface area contributed by atoms with E-state index in [0.29, 0.717) is 11.2 Å². The number of aromatic nitrogens is 2. The molecule has 0 unspecified atom stereocenters. The molecule has 0 saturated heterocycles. The van der Waals surface area contributed by atoms with Crippen LogP contribution in [-0.2, 0) is 0 Å². The van der Waals surface area contributed by atoms with E-state index in [1.807, 2.05) is 0 Å². The molecule has 2 aromatic heterocycles. The number of carbonyl (C=O) groups is 1. The number of benzene rings is 1. The number of rotatable bonds is 2. The summed E-state index contributed by atoms with van der Waals surface area (Å²) in [5.41, 5.74) is 0.627. The smallest absolute Gasteiger partial charge is 0.270 e. The van der Waals surface area contributed by atoms with Gasteiger partial charge in [0.1, 0.15) is 17.0 Å². The quantitative estimate of drug-likeness (QED) is 0.790. The number of aryl methyl sites for hydroxylation is 1. The molecular weight excluding hydrogens is 285 g/mol. The maximum absolute atomic E-state index is 13.5. The highest BCUT2D eigenvalue weighted by molar-refractivity contribution is 6.03. The Labute approximate surface area is 125 Å². The molecule has 1 aromatic carbocycles. The molecule has 6 heteroatoms.